The van der Waals surface area contributed by atoms with Crippen LogP contribution in [0, 0.1) is 0 Å². The Morgan fingerprint density at radius 3 is 2.04 bits per heavy atom. The van der Waals surface area contributed by atoms with E-state index in [4.69, 9.17) is 25.8 Å². The van der Waals surface area contributed by atoms with Crippen molar-refractivity contribution in [1.82, 2.24) is 5.32 Å². The molecule has 0 heterocycles. The highest BCUT2D eigenvalue weighted by atomic mass is 35.5. The Bertz CT molecular complexity index is 783. The second-order valence-electron chi connectivity index (χ2n) is 5.50. The lowest BCUT2D eigenvalue weighted by molar-refractivity contribution is -0.136. The van der Waals surface area contributed by atoms with Crippen LogP contribution in [-0.4, -0.2) is 39.7 Å². The lowest BCUT2D eigenvalue weighted by Crippen LogP contribution is -2.36. The minimum Gasteiger partial charge on any atom is -0.493 e. The molecule has 0 aromatic heterocycles. The van der Waals surface area contributed by atoms with Crippen LogP contribution in [0.2, 0.25) is 5.02 Å². The van der Waals surface area contributed by atoms with Gasteiger partial charge in [0.25, 0.3) is 0 Å². The predicted octanol–water partition coefficient (Wildman–Crippen LogP) is 2.66. The molecule has 2 N–H and O–H groups in total. The molecule has 2 amide bonds. The van der Waals surface area contributed by atoms with Crippen LogP contribution in [0.4, 0.5) is 5.69 Å². The van der Waals surface area contributed by atoms with Gasteiger partial charge in [0, 0.05) is 29.4 Å². The number of halogens is 1. The third kappa shape index (κ3) is 5.52. The Balaban J connectivity index is 1.95. The van der Waals surface area contributed by atoms with Gasteiger partial charge >= 0.3 is 11.8 Å². The lowest BCUT2D eigenvalue weighted by atomic mass is 10.1. The van der Waals surface area contributed by atoms with Gasteiger partial charge in [-0.15, -0.1) is 0 Å². The molecule has 0 aliphatic heterocycles. The summed E-state index contributed by atoms with van der Waals surface area (Å²) in [6, 6.07) is 10.4. The summed E-state index contributed by atoms with van der Waals surface area (Å²) in [7, 11) is 4.41. The van der Waals surface area contributed by atoms with Gasteiger partial charge in [-0.25, -0.2) is 0 Å². The minimum atomic E-state index is -0.791. The first-order chi connectivity index (χ1) is 13.0. The zero-order valence-electron chi connectivity index (χ0n) is 15.3. The molecule has 2 rings (SSSR count). The van der Waals surface area contributed by atoms with Gasteiger partial charge in [-0.3, -0.25) is 9.59 Å². The van der Waals surface area contributed by atoms with Gasteiger partial charge in [0.05, 0.1) is 21.3 Å². The standard InChI is InChI=1S/C19H21ClN2O5/c1-25-15-10-14(11-16(26-2)17(15)27-3)22-19(24)18(23)21-9-8-12-4-6-13(20)7-5-12/h4-7,10-11H,8-9H2,1-3H3,(H,21,23)(H,22,24). The van der Waals surface area contributed by atoms with E-state index in [1.54, 1.807) is 24.3 Å². The third-order valence-electron chi connectivity index (χ3n) is 3.74. The Morgan fingerprint density at radius 2 is 1.52 bits per heavy atom. The number of amides is 2. The van der Waals surface area contributed by atoms with E-state index in [-0.39, 0.29) is 0 Å². The molecule has 0 aliphatic carbocycles. The van der Waals surface area contributed by atoms with E-state index in [0.29, 0.717) is 40.9 Å². The van der Waals surface area contributed by atoms with E-state index >= 15 is 0 Å². The van der Waals surface area contributed by atoms with E-state index in [1.807, 2.05) is 12.1 Å². The van der Waals surface area contributed by atoms with E-state index in [1.165, 1.54) is 21.3 Å². The van der Waals surface area contributed by atoms with Crippen molar-refractivity contribution in [2.75, 3.05) is 33.2 Å². The van der Waals surface area contributed by atoms with Crippen molar-refractivity contribution in [1.29, 1.82) is 0 Å². The number of rotatable bonds is 7. The topological polar surface area (TPSA) is 85.9 Å². The zero-order chi connectivity index (χ0) is 19.8. The maximum atomic E-state index is 12.1. The molecule has 8 heteroatoms. The number of carbonyl (C=O) groups excluding carboxylic acids is 2. The van der Waals surface area contributed by atoms with Crippen LogP contribution in [0.25, 0.3) is 0 Å². The van der Waals surface area contributed by atoms with Crippen LogP contribution in [0.1, 0.15) is 5.56 Å². The molecule has 27 heavy (non-hydrogen) atoms. The van der Waals surface area contributed by atoms with Gasteiger partial charge in [-0.05, 0) is 24.1 Å². The largest absolute Gasteiger partial charge is 0.493 e. The highest BCUT2D eigenvalue weighted by Gasteiger charge is 2.17. The second-order valence-corrected chi connectivity index (χ2v) is 5.94. The summed E-state index contributed by atoms with van der Waals surface area (Å²) in [6.45, 7) is 0.323. The highest BCUT2D eigenvalue weighted by molar-refractivity contribution is 6.39. The van der Waals surface area contributed by atoms with Gasteiger partial charge in [-0.1, -0.05) is 23.7 Å². The van der Waals surface area contributed by atoms with E-state index in [2.05, 4.69) is 10.6 Å². The smallest absolute Gasteiger partial charge is 0.313 e. The summed E-state index contributed by atoms with van der Waals surface area (Å²) >= 11 is 5.83. The summed E-state index contributed by atoms with van der Waals surface area (Å²) in [6.07, 6.45) is 0.584. The van der Waals surface area contributed by atoms with Crippen molar-refractivity contribution < 1.29 is 23.8 Å². The van der Waals surface area contributed by atoms with Gasteiger partial charge in [-0.2, -0.15) is 0 Å². The van der Waals surface area contributed by atoms with Crippen LogP contribution in [0.5, 0.6) is 17.2 Å². The number of hydrogen-bond acceptors (Lipinski definition) is 5. The molecule has 2 aromatic carbocycles. The molecule has 0 unspecified atom stereocenters. The van der Waals surface area contributed by atoms with Gasteiger partial charge in [0.1, 0.15) is 0 Å². The Kier molecular flexibility index (Phi) is 7.31. The van der Waals surface area contributed by atoms with E-state index < -0.39 is 11.8 Å². The van der Waals surface area contributed by atoms with Gasteiger partial charge in [0.2, 0.25) is 5.75 Å². The molecule has 0 atom stereocenters. The third-order valence-corrected chi connectivity index (χ3v) is 3.99. The molecule has 7 nitrogen and oxygen atoms in total. The maximum absolute atomic E-state index is 12.1. The first-order valence-electron chi connectivity index (χ1n) is 8.12. The average Bonchev–Trinajstić information content (AvgIpc) is 2.68. The first-order valence-corrected chi connectivity index (χ1v) is 8.50. The summed E-state index contributed by atoms with van der Waals surface area (Å²) in [5.74, 6) is -0.394. The van der Waals surface area contributed by atoms with Crippen LogP contribution >= 0.6 is 11.6 Å². The summed E-state index contributed by atoms with van der Waals surface area (Å²) < 4.78 is 15.7. The minimum absolute atomic E-state index is 0.323. The molecule has 0 saturated heterocycles. The maximum Gasteiger partial charge on any atom is 0.313 e. The molecule has 2 aromatic rings. The zero-order valence-corrected chi connectivity index (χ0v) is 16.1. The molecule has 0 fully saturated rings. The number of hydrogen-bond donors (Lipinski definition) is 2. The van der Waals surface area contributed by atoms with E-state index in [9.17, 15) is 9.59 Å². The lowest BCUT2D eigenvalue weighted by Gasteiger charge is -2.14. The fourth-order valence-electron chi connectivity index (χ4n) is 2.39. The van der Waals surface area contributed by atoms with Crippen molar-refractivity contribution in [2.45, 2.75) is 6.42 Å². The van der Waals surface area contributed by atoms with Crippen LogP contribution in [0.3, 0.4) is 0 Å². The molecule has 0 bridgehead atoms. The van der Waals surface area contributed by atoms with Crippen molar-refractivity contribution in [3.05, 3.63) is 47.0 Å². The number of carbonyl (C=O) groups is 2. The SMILES string of the molecule is COc1cc(NC(=O)C(=O)NCCc2ccc(Cl)cc2)cc(OC)c1OC. The molecular formula is C19H21ClN2O5. The van der Waals surface area contributed by atoms with Crippen molar-refractivity contribution in [3.8, 4) is 17.2 Å². The Hall–Kier alpha value is -2.93. The van der Waals surface area contributed by atoms with Gasteiger partial charge in [0.15, 0.2) is 11.5 Å². The quantitative estimate of drug-likeness (QED) is 0.707. The van der Waals surface area contributed by atoms with Crippen LogP contribution in [-0.2, 0) is 16.0 Å². The van der Waals surface area contributed by atoms with Crippen molar-refractivity contribution in [3.63, 3.8) is 0 Å². The summed E-state index contributed by atoms with van der Waals surface area (Å²) in [5.41, 5.74) is 1.35. The number of benzene rings is 2. The predicted molar refractivity (Wildman–Crippen MR) is 103 cm³/mol. The molecule has 0 radical (unpaired) electrons. The Labute approximate surface area is 162 Å². The fourth-order valence-corrected chi connectivity index (χ4v) is 2.52. The molecule has 0 aliphatic rings. The highest BCUT2D eigenvalue weighted by Crippen LogP contribution is 2.39. The number of methoxy groups -OCH3 is 3. The van der Waals surface area contributed by atoms with Crippen LogP contribution in [0.15, 0.2) is 36.4 Å². The number of anilines is 1. The van der Waals surface area contributed by atoms with E-state index in [0.717, 1.165) is 5.56 Å². The van der Waals surface area contributed by atoms with Crippen molar-refractivity contribution in [2.24, 2.45) is 0 Å². The Morgan fingerprint density at radius 1 is 0.926 bits per heavy atom. The molecular weight excluding hydrogens is 372 g/mol. The van der Waals surface area contributed by atoms with Crippen molar-refractivity contribution >= 4 is 29.1 Å². The number of nitrogens with one attached hydrogen (secondary N) is 2. The van der Waals surface area contributed by atoms with Crippen LogP contribution < -0.4 is 24.8 Å². The summed E-state index contributed by atoms with van der Waals surface area (Å²) in [5, 5.41) is 5.73. The monoisotopic (exact) mass is 392 g/mol. The molecule has 0 saturated carbocycles. The molecule has 0 spiro atoms. The second kappa shape index (κ2) is 9.68. The molecule has 144 valence electrons. The number of ether oxygens (including phenoxy) is 3. The summed E-state index contributed by atoms with van der Waals surface area (Å²) in [4.78, 5) is 24.1. The van der Waals surface area contributed by atoms with Gasteiger partial charge < -0.3 is 24.8 Å². The normalized spacial score (nSPS) is 10.1. The fraction of sp³-hybridized carbons (Fsp3) is 0.263. The first kappa shape index (κ1) is 20.4. The average molecular weight is 393 g/mol.